The Hall–Kier alpha value is -0.850. The van der Waals surface area contributed by atoms with Crippen molar-refractivity contribution in [3.8, 4) is 0 Å². The average molecular weight is 402 g/mol. The molecule has 2 fully saturated rings. The first-order valence-corrected chi connectivity index (χ1v) is 9.21. The van der Waals surface area contributed by atoms with Crippen molar-refractivity contribution in [3.63, 3.8) is 0 Å². The minimum Gasteiger partial charge on any atom is -0.379 e. The second-order valence-corrected chi connectivity index (χ2v) is 7.24. The molecule has 4 rings (SSSR count). The molecule has 2 saturated heterocycles. The Morgan fingerprint density at radius 1 is 1.04 bits per heavy atom. The second-order valence-electron chi connectivity index (χ2n) is 7.24. The number of fused-ring (bicyclic) bond motifs is 1. The number of carbonyl (C=O) groups excluding carboxylic acids is 1. The van der Waals surface area contributed by atoms with Gasteiger partial charge in [0, 0.05) is 51.4 Å². The molecule has 5 nitrogen and oxygen atoms in total. The fraction of sp³-hybridized carbons (Fsp3) is 0.632. The van der Waals surface area contributed by atoms with Crippen molar-refractivity contribution in [1.82, 2.24) is 15.1 Å². The lowest BCUT2D eigenvalue weighted by molar-refractivity contribution is 0.0243. The average Bonchev–Trinajstić information content (AvgIpc) is 3.10. The predicted octanol–water partition coefficient (Wildman–Crippen LogP) is 2.32. The molecule has 0 bridgehead atoms. The highest BCUT2D eigenvalue weighted by molar-refractivity contribution is 5.94. The molecule has 0 saturated carbocycles. The molecule has 1 aromatic carbocycles. The van der Waals surface area contributed by atoms with E-state index in [-0.39, 0.29) is 30.7 Å². The normalized spacial score (nSPS) is 20.8. The number of hydrogen-bond donors (Lipinski definition) is 1. The highest BCUT2D eigenvalue weighted by atomic mass is 35.5. The number of nitrogens with zero attached hydrogens (tertiary/aromatic N) is 2. The van der Waals surface area contributed by atoms with Crippen LogP contribution in [0, 0.1) is 5.92 Å². The summed E-state index contributed by atoms with van der Waals surface area (Å²) in [6.45, 7) is 8.61. The molecular formula is C19H29Cl2N3O2. The summed E-state index contributed by atoms with van der Waals surface area (Å²) in [6, 6.07) is 6.18. The van der Waals surface area contributed by atoms with E-state index in [1.165, 1.54) is 11.1 Å². The van der Waals surface area contributed by atoms with Crippen molar-refractivity contribution in [2.24, 2.45) is 5.92 Å². The Morgan fingerprint density at radius 2 is 1.73 bits per heavy atom. The van der Waals surface area contributed by atoms with Crippen LogP contribution in [0.1, 0.15) is 34.3 Å². The number of amides is 1. The third kappa shape index (κ3) is 4.90. The molecule has 0 radical (unpaired) electrons. The molecule has 3 aliphatic rings. The van der Waals surface area contributed by atoms with Gasteiger partial charge in [0.25, 0.3) is 5.91 Å². The molecule has 7 heteroatoms. The van der Waals surface area contributed by atoms with Crippen LogP contribution in [0.2, 0.25) is 0 Å². The van der Waals surface area contributed by atoms with Crippen LogP contribution < -0.4 is 5.32 Å². The van der Waals surface area contributed by atoms with Crippen LogP contribution in [0.25, 0.3) is 0 Å². The number of likely N-dealkylation sites (tertiary alicyclic amines) is 1. The van der Waals surface area contributed by atoms with Gasteiger partial charge in [-0.3, -0.25) is 9.69 Å². The maximum absolute atomic E-state index is 12.8. The topological polar surface area (TPSA) is 44.8 Å². The molecule has 0 aliphatic carbocycles. The summed E-state index contributed by atoms with van der Waals surface area (Å²) >= 11 is 0. The summed E-state index contributed by atoms with van der Waals surface area (Å²) in [4.78, 5) is 17.3. The summed E-state index contributed by atoms with van der Waals surface area (Å²) in [7, 11) is 0. The number of benzene rings is 1. The number of nitrogens with one attached hydrogen (secondary N) is 1. The number of hydrogen-bond acceptors (Lipinski definition) is 4. The van der Waals surface area contributed by atoms with E-state index >= 15 is 0 Å². The first-order chi connectivity index (χ1) is 11.8. The van der Waals surface area contributed by atoms with E-state index in [9.17, 15) is 4.79 Å². The lowest BCUT2D eigenvalue weighted by atomic mass is 9.95. The molecule has 3 heterocycles. The van der Waals surface area contributed by atoms with E-state index in [2.05, 4.69) is 22.3 Å². The molecule has 3 aliphatic heterocycles. The van der Waals surface area contributed by atoms with Crippen LogP contribution in [0.3, 0.4) is 0 Å². The smallest absolute Gasteiger partial charge is 0.253 e. The molecular weight excluding hydrogens is 373 g/mol. The minimum atomic E-state index is 0. The summed E-state index contributed by atoms with van der Waals surface area (Å²) in [5.74, 6) is 0.922. The van der Waals surface area contributed by atoms with Crippen LogP contribution >= 0.6 is 24.8 Å². The van der Waals surface area contributed by atoms with E-state index in [0.717, 1.165) is 83.4 Å². The Morgan fingerprint density at radius 3 is 2.46 bits per heavy atom. The lowest BCUT2D eigenvalue weighted by Gasteiger charge is -2.36. The number of piperidine rings is 1. The summed E-state index contributed by atoms with van der Waals surface area (Å²) in [5.41, 5.74) is 3.46. The van der Waals surface area contributed by atoms with Gasteiger partial charge >= 0.3 is 0 Å². The third-order valence-electron chi connectivity index (χ3n) is 5.61. The highest BCUT2D eigenvalue weighted by Gasteiger charge is 2.26. The first-order valence-electron chi connectivity index (χ1n) is 9.21. The van der Waals surface area contributed by atoms with Gasteiger partial charge in [-0.15, -0.1) is 24.8 Å². The zero-order chi connectivity index (χ0) is 16.4. The molecule has 0 atom stereocenters. The second kappa shape index (κ2) is 9.90. The largest absolute Gasteiger partial charge is 0.379 e. The molecule has 1 amide bonds. The summed E-state index contributed by atoms with van der Waals surface area (Å²) < 4.78 is 5.42. The maximum atomic E-state index is 12.8. The van der Waals surface area contributed by atoms with Crippen LogP contribution in [-0.4, -0.2) is 61.6 Å². The van der Waals surface area contributed by atoms with E-state index in [1.54, 1.807) is 0 Å². The van der Waals surface area contributed by atoms with Crippen LogP contribution in [0.15, 0.2) is 18.2 Å². The Balaban J connectivity index is 0.00000121. The molecule has 0 aromatic heterocycles. The van der Waals surface area contributed by atoms with Gasteiger partial charge in [0.15, 0.2) is 0 Å². The monoisotopic (exact) mass is 401 g/mol. The fourth-order valence-corrected chi connectivity index (χ4v) is 4.08. The van der Waals surface area contributed by atoms with E-state index in [4.69, 9.17) is 4.74 Å². The van der Waals surface area contributed by atoms with Gasteiger partial charge in [0.05, 0.1) is 13.2 Å². The molecule has 1 aromatic rings. The zero-order valence-corrected chi connectivity index (χ0v) is 16.7. The van der Waals surface area contributed by atoms with E-state index in [1.807, 2.05) is 11.0 Å². The van der Waals surface area contributed by atoms with Gasteiger partial charge in [-0.1, -0.05) is 6.07 Å². The van der Waals surface area contributed by atoms with Crippen molar-refractivity contribution in [1.29, 1.82) is 0 Å². The molecule has 146 valence electrons. The van der Waals surface area contributed by atoms with Crippen LogP contribution in [0.5, 0.6) is 0 Å². The molecule has 0 spiro atoms. The Bertz CT molecular complexity index is 600. The third-order valence-corrected chi connectivity index (χ3v) is 5.61. The summed E-state index contributed by atoms with van der Waals surface area (Å²) in [5, 5.41) is 3.34. The number of morpholine rings is 1. The van der Waals surface area contributed by atoms with Crippen molar-refractivity contribution < 1.29 is 9.53 Å². The highest BCUT2D eigenvalue weighted by Crippen LogP contribution is 2.22. The first kappa shape index (κ1) is 21.5. The van der Waals surface area contributed by atoms with Gasteiger partial charge in [-0.2, -0.15) is 0 Å². The van der Waals surface area contributed by atoms with Gasteiger partial charge < -0.3 is 15.0 Å². The van der Waals surface area contributed by atoms with Gasteiger partial charge in [0.2, 0.25) is 0 Å². The van der Waals surface area contributed by atoms with Crippen molar-refractivity contribution in [2.45, 2.75) is 25.9 Å². The maximum Gasteiger partial charge on any atom is 0.253 e. The van der Waals surface area contributed by atoms with Crippen molar-refractivity contribution in [3.05, 3.63) is 34.9 Å². The SMILES string of the molecule is Cl.Cl.O=C(c1ccc2c(c1)CNC2)N1CCC(CN2CCOCC2)CC1. The van der Waals surface area contributed by atoms with Gasteiger partial charge in [0.1, 0.15) is 0 Å². The molecule has 26 heavy (non-hydrogen) atoms. The summed E-state index contributed by atoms with van der Waals surface area (Å²) in [6.07, 6.45) is 2.24. The molecule has 1 N–H and O–H groups in total. The number of rotatable bonds is 3. The molecule has 0 unspecified atom stereocenters. The van der Waals surface area contributed by atoms with Crippen LogP contribution in [-0.2, 0) is 17.8 Å². The van der Waals surface area contributed by atoms with Crippen LogP contribution in [0.4, 0.5) is 0 Å². The zero-order valence-electron chi connectivity index (χ0n) is 15.1. The standard InChI is InChI=1S/C19H27N3O2.2ClH/c23-19(16-1-2-17-12-20-13-18(17)11-16)22-5-3-15(4-6-22)14-21-7-9-24-10-8-21;;/h1-2,11,15,20H,3-10,12-14H2;2*1H. The fourth-order valence-electron chi connectivity index (χ4n) is 4.08. The lowest BCUT2D eigenvalue weighted by Crippen LogP contribution is -2.44. The van der Waals surface area contributed by atoms with Crippen molar-refractivity contribution in [2.75, 3.05) is 45.9 Å². The number of carbonyl (C=O) groups is 1. The number of ether oxygens (including phenoxy) is 1. The Labute approximate surface area is 168 Å². The van der Waals surface area contributed by atoms with E-state index in [0.29, 0.717) is 0 Å². The number of halogens is 2. The van der Waals surface area contributed by atoms with E-state index < -0.39 is 0 Å². The van der Waals surface area contributed by atoms with Crippen molar-refractivity contribution >= 4 is 30.7 Å². The quantitative estimate of drug-likeness (QED) is 0.843. The van der Waals surface area contributed by atoms with Gasteiger partial charge in [-0.05, 0) is 42.0 Å². The Kier molecular flexibility index (Phi) is 8.17. The predicted molar refractivity (Wildman–Crippen MR) is 107 cm³/mol. The van der Waals surface area contributed by atoms with Gasteiger partial charge in [-0.25, -0.2) is 0 Å². The minimum absolute atomic E-state index is 0.